The predicted octanol–water partition coefficient (Wildman–Crippen LogP) is 1.44. The molecule has 1 aromatic carbocycles. The van der Waals surface area contributed by atoms with Gasteiger partial charge in [-0.25, -0.2) is 0 Å². The Bertz CT molecular complexity index is 707. The molecular formula is C18H21NO4. The zero-order valence-electron chi connectivity index (χ0n) is 13.3. The Morgan fingerprint density at radius 2 is 1.87 bits per heavy atom. The van der Waals surface area contributed by atoms with Crippen LogP contribution in [-0.2, 0) is 23.2 Å². The van der Waals surface area contributed by atoms with Crippen molar-refractivity contribution in [1.82, 2.24) is 5.32 Å². The van der Waals surface area contributed by atoms with Crippen LogP contribution in [0.2, 0.25) is 0 Å². The molecule has 1 amide bonds. The van der Waals surface area contributed by atoms with E-state index in [-0.39, 0.29) is 19.4 Å². The van der Waals surface area contributed by atoms with Gasteiger partial charge in [-0.3, -0.25) is 4.79 Å². The smallest absolute Gasteiger partial charge is 0.252 e. The number of carbonyl (C=O) groups is 1. The van der Waals surface area contributed by atoms with E-state index in [2.05, 4.69) is 5.32 Å². The van der Waals surface area contributed by atoms with Gasteiger partial charge in [0.05, 0.1) is 6.54 Å². The lowest BCUT2D eigenvalue weighted by atomic mass is 9.98. The Balaban J connectivity index is 1.66. The number of hydrogen-bond acceptors (Lipinski definition) is 4. The summed E-state index contributed by atoms with van der Waals surface area (Å²) in [4.78, 5) is 12.4. The first-order valence-electron chi connectivity index (χ1n) is 7.67. The summed E-state index contributed by atoms with van der Waals surface area (Å²) < 4.78 is 5.42. The van der Waals surface area contributed by atoms with Gasteiger partial charge in [0.2, 0.25) is 0 Å². The Labute approximate surface area is 134 Å². The van der Waals surface area contributed by atoms with Crippen LogP contribution in [0.25, 0.3) is 0 Å². The molecule has 1 aromatic heterocycles. The lowest BCUT2D eigenvalue weighted by Gasteiger charge is -2.26. The van der Waals surface area contributed by atoms with E-state index in [4.69, 9.17) is 4.42 Å². The molecule has 1 aliphatic rings. The summed E-state index contributed by atoms with van der Waals surface area (Å²) in [7, 11) is 0. The third-order valence-electron chi connectivity index (χ3n) is 4.37. The molecule has 0 fully saturated rings. The Hall–Kier alpha value is -2.11. The monoisotopic (exact) mass is 315 g/mol. The summed E-state index contributed by atoms with van der Waals surface area (Å²) in [5.41, 5.74) is -0.818. The van der Waals surface area contributed by atoms with Crippen LogP contribution in [0.3, 0.4) is 0 Å². The molecule has 0 bridgehead atoms. The molecule has 1 atom stereocenters. The number of hydrogen-bond donors (Lipinski definition) is 3. The van der Waals surface area contributed by atoms with Crippen molar-refractivity contribution < 1.29 is 19.4 Å². The summed E-state index contributed by atoms with van der Waals surface area (Å²) in [5, 5.41) is 23.7. The predicted molar refractivity (Wildman–Crippen MR) is 84.8 cm³/mol. The minimum absolute atomic E-state index is 0.0303. The number of amides is 1. The van der Waals surface area contributed by atoms with E-state index in [0.717, 1.165) is 11.1 Å². The maximum Gasteiger partial charge on any atom is 0.252 e. The van der Waals surface area contributed by atoms with Crippen LogP contribution in [0.15, 0.2) is 40.8 Å². The first kappa shape index (κ1) is 15.8. The van der Waals surface area contributed by atoms with Gasteiger partial charge in [-0.2, -0.15) is 0 Å². The lowest BCUT2D eigenvalue weighted by Crippen LogP contribution is -2.51. The van der Waals surface area contributed by atoms with Crippen LogP contribution >= 0.6 is 0 Å². The van der Waals surface area contributed by atoms with Gasteiger partial charge in [0.25, 0.3) is 5.91 Å². The van der Waals surface area contributed by atoms with Crippen molar-refractivity contribution in [2.45, 2.75) is 37.9 Å². The van der Waals surface area contributed by atoms with Gasteiger partial charge in [-0.15, -0.1) is 0 Å². The maximum absolute atomic E-state index is 12.4. The molecule has 122 valence electrons. The molecule has 5 heteroatoms. The Morgan fingerprint density at radius 3 is 2.39 bits per heavy atom. The second-order valence-corrected chi connectivity index (χ2v) is 6.52. The molecule has 3 rings (SSSR count). The fourth-order valence-electron chi connectivity index (χ4n) is 2.98. The van der Waals surface area contributed by atoms with E-state index in [1.165, 1.54) is 0 Å². The van der Waals surface area contributed by atoms with E-state index in [9.17, 15) is 15.0 Å². The standard InChI is InChI=1S/C18H21NO4/c1-12-7-8-15(23-12)17(2,21)11-19-16(20)18(22)9-13-5-3-4-6-14(13)10-18/h3-8,21-22H,9-11H2,1-2H3,(H,19,20). The second kappa shape index (κ2) is 5.51. The molecule has 0 aliphatic heterocycles. The highest BCUT2D eigenvalue weighted by molar-refractivity contribution is 5.86. The normalized spacial score (nSPS) is 18.3. The Morgan fingerprint density at radius 1 is 1.26 bits per heavy atom. The minimum Gasteiger partial charge on any atom is -0.463 e. The van der Waals surface area contributed by atoms with Gasteiger partial charge in [0.15, 0.2) is 5.60 Å². The second-order valence-electron chi connectivity index (χ2n) is 6.52. The minimum atomic E-state index is -1.46. The van der Waals surface area contributed by atoms with E-state index in [0.29, 0.717) is 11.5 Å². The molecule has 1 unspecified atom stereocenters. The molecule has 23 heavy (non-hydrogen) atoms. The van der Waals surface area contributed by atoms with Crippen LogP contribution in [0.4, 0.5) is 0 Å². The molecule has 1 aliphatic carbocycles. The molecule has 0 saturated heterocycles. The fraction of sp³-hybridized carbons (Fsp3) is 0.389. The summed E-state index contributed by atoms with van der Waals surface area (Å²) >= 11 is 0. The van der Waals surface area contributed by atoms with Gasteiger partial charge in [-0.1, -0.05) is 24.3 Å². The highest BCUT2D eigenvalue weighted by atomic mass is 16.4. The molecule has 0 radical (unpaired) electrons. The SMILES string of the molecule is Cc1ccc(C(C)(O)CNC(=O)C2(O)Cc3ccccc3C2)o1. The van der Waals surface area contributed by atoms with Crippen molar-refractivity contribution in [3.05, 3.63) is 59.0 Å². The van der Waals surface area contributed by atoms with E-state index >= 15 is 0 Å². The third kappa shape index (κ3) is 3.02. The third-order valence-corrected chi connectivity index (χ3v) is 4.37. The lowest BCUT2D eigenvalue weighted by molar-refractivity contribution is -0.140. The van der Waals surface area contributed by atoms with Crippen LogP contribution in [0.1, 0.15) is 29.6 Å². The number of rotatable bonds is 4. The largest absolute Gasteiger partial charge is 0.463 e. The number of fused-ring (bicyclic) bond motifs is 1. The van der Waals surface area contributed by atoms with Gasteiger partial charge in [-0.05, 0) is 37.1 Å². The average molecular weight is 315 g/mol. The van der Waals surface area contributed by atoms with Crippen molar-refractivity contribution in [3.63, 3.8) is 0 Å². The molecular weight excluding hydrogens is 294 g/mol. The summed E-state index contributed by atoms with van der Waals surface area (Å²) in [5.74, 6) is 0.603. The van der Waals surface area contributed by atoms with Crippen molar-refractivity contribution in [1.29, 1.82) is 0 Å². The summed E-state index contributed by atoms with van der Waals surface area (Å²) in [6.07, 6.45) is 0.577. The van der Waals surface area contributed by atoms with Gasteiger partial charge >= 0.3 is 0 Å². The quantitative estimate of drug-likeness (QED) is 0.797. The summed E-state index contributed by atoms with van der Waals surface area (Å²) in [6, 6.07) is 11.1. The Kier molecular flexibility index (Phi) is 3.78. The topological polar surface area (TPSA) is 82.7 Å². The zero-order chi connectivity index (χ0) is 16.7. The molecule has 0 spiro atoms. The first-order chi connectivity index (χ1) is 10.8. The summed E-state index contributed by atoms with van der Waals surface area (Å²) in [6.45, 7) is 3.33. The van der Waals surface area contributed by atoms with Crippen LogP contribution in [0, 0.1) is 6.92 Å². The van der Waals surface area contributed by atoms with Crippen LogP contribution < -0.4 is 5.32 Å². The highest BCUT2D eigenvalue weighted by Crippen LogP contribution is 2.30. The fourth-order valence-corrected chi connectivity index (χ4v) is 2.98. The van der Waals surface area contributed by atoms with Crippen molar-refractivity contribution >= 4 is 5.91 Å². The van der Waals surface area contributed by atoms with Crippen molar-refractivity contribution in [3.8, 4) is 0 Å². The maximum atomic E-state index is 12.4. The molecule has 0 saturated carbocycles. The zero-order valence-corrected chi connectivity index (χ0v) is 13.3. The number of nitrogens with one attached hydrogen (secondary N) is 1. The van der Waals surface area contributed by atoms with E-state index < -0.39 is 17.1 Å². The van der Waals surface area contributed by atoms with Crippen LogP contribution in [-0.4, -0.2) is 28.3 Å². The van der Waals surface area contributed by atoms with Gasteiger partial charge in [0, 0.05) is 12.8 Å². The molecule has 1 heterocycles. The van der Waals surface area contributed by atoms with Gasteiger partial charge < -0.3 is 19.9 Å². The van der Waals surface area contributed by atoms with Crippen LogP contribution in [0.5, 0.6) is 0 Å². The number of carbonyl (C=O) groups excluding carboxylic acids is 1. The average Bonchev–Trinajstić information content (AvgIpc) is 3.08. The molecule has 2 aromatic rings. The number of aryl methyl sites for hydroxylation is 1. The van der Waals surface area contributed by atoms with E-state index in [1.54, 1.807) is 26.0 Å². The van der Waals surface area contributed by atoms with Crippen molar-refractivity contribution in [2.24, 2.45) is 0 Å². The highest BCUT2D eigenvalue weighted by Gasteiger charge is 2.42. The number of aliphatic hydroxyl groups is 2. The number of benzene rings is 1. The molecule has 5 nitrogen and oxygen atoms in total. The van der Waals surface area contributed by atoms with Gasteiger partial charge in [0.1, 0.15) is 17.1 Å². The van der Waals surface area contributed by atoms with E-state index in [1.807, 2.05) is 24.3 Å². The number of furan rings is 1. The van der Waals surface area contributed by atoms with Crippen molar-refractivity contribution in [2.75, 3.05) is 6.54 Å². The first-order valence-corrected chi connectivity index (χ1v) is 7.67. The molecule has 3 N–H and O–H groups in total.